The van der Waals surface area contributed by atoms with Gasteiger partial charge in [0.2, 0.25) is 0 Å². The highest BCUT2D eigenvalue weighted by atomic mass is 19.4. The Morgan fingerprint density at radius 1 is 0.730 bits per heavy atom. The molecule has 0 aromatic heterocycles. The summed E-state index contributed by atoms with van der Waals surface area (Å²) in [6, 6.07) is 8.82. The molecule has 0 atom stereocenters. The Kier molecular flexibility index (Phi) is 7.94. The number of phenolic OH excluding ortho intramolecular Hbond substituents is 2. The van der Waals surface area contributed by atoms with E-state index in [1.807, 2.05) is 10.6 Å². The number of aromatic hydroxyl groups is 2. The van der Waals surface area contributed by atoms with E-state index < -0.39 is 65.9 Å². The van der Waals surface area contributed by atoms with Crippen LogP contribution in [0.15, 0.2) is 48.5 Å². The highest BCUT2D eigenvalue weighted by Gasteiger charge is 2.31. The van der Waals surface area contributed by atoms with Crippen LogP contribution in [0.1, 0.15) is 22.6 Å². The van der Waals surface area contributed by atoms with Gasteiger partial charge in [0, 0.05) is 34.7 Å². The lowest BCUT2D eigenvalue weighted by Gasteiger charge is -2.24. The molecule has 0 unspecified atom stereocenters. The number of hydrogen-bond donors (Lipinski definition) is 4. The Morgan fingerprint density at radius 3 is 1.57 bits per heavy atom. The number of benzene rings is 3. The first-order valence-corrected chi connectivity index (χ1v) is 10.5. The van der Waals surface area contributed by atoms with Crippen LogP contribution in [-0.2, 0) is 0 Å². The maximum atomic E-state index is 14.8. The van der Waals surface area contributed by atoms with Crippen molar-refractivity contribution in [2.45, 2.75) is 18.3 Å². The maximum absolute atomic E-state index is 14.8. The molecule has 3 aromatic rings. The van der Waals surface area contributed by atoms with Gasteiger partial charge >= 0.3 is 12.4 Å². The summed E-state index contributed by atoms with van der Waals surface area (Å²) in [7, 11) is 1.28. The van der Waals surface area contributed by atoms with Gasteiger partial charge in [-0.2, -0.15) is 26.3 Å². The molecule has 0 spiro atoms. The zero-order valence-electron chi connectivity index (χ0n) is 18.9. The molecule has 0 amide bonds. The van der Waals surface area contributed by atoms with Crippen LogP contribution in [0.4, 0.5) is 46.5 Å². The normalized spacial score (nSPS) is 12.1. The molecule has 3 aromatic carbocycles. The number of methoxy groups -OCH3 is 1. The number of phenols is 2. The van der Waals surface area contributed by atoms with Crippen LogP contribution < -0.4 is 15.4 Å². The van der Waals surface area contributed by atoms with E-state index in [9.17, 15) is 45.3 Å². The average Bonchev–Trinajstić information content (AvgIpc) is 2.80. The molecule has 0 bridgehead atoms. The van der Waals surface area contributed by atoms with Gasteiger partial charge in [-0.25, -0.2) is 8.78 Å². The molecule has 200 valence electrons. The van der Waals surface area contributed by atoms with Crippen LogP contribution >= 0.6 is 0 Å². The smallest absolute Gasteiger partial charge is 0.405 e. The molecule has 0 aliphatic carbocycles. The zero-order chi connectivity index (χ0) is 27.5. The van der Waals surface area contributed by atoms with Crippen molar-refractivity contribution in [2.24, 2.45) is 0 Å². The molecular formula is C24H20F8N2O3. The number of para-hydroxylation sites is 1. The molecule has 0 radical (unpaired) electrons. The standard InChI is InChI=1S/C24H20F8N2O3/c1-37-21-5-3-2-4-12(21)22(13-6-15(25)17(8-19(13)35)33-10-23(27,28)29)14-7-16(26)18(9-20(14)36)34-11-24(30,31)32/h2-9,22,33-36H,10-11H2,1H3. The van der Waals surface area contributed by atoms with Gasteiger partial charge in [-0.1, -0.05) is 18.2 Å². The van der Waals surface area contributed by atoms with E-state index in [0.29, 0.717) is 24.3 Å². The van der Waals surface area contributed by atoms with Gasteiger partial charge < -0.3 is 25.6 Å². The minimum atomic E-state index is -4.67. The van der Waals surface area contributed by atoms with E-state index in [4.69, 9.17) is 4.74 Å². The number of anilines is 2. The molecule has 0 saturated heterocycles. The average molecular weight is 536 g/mol. The van der Waals surface area contributed by atoms with E-state index >= 15 is 0 Å². The summed E-state index contributed by atoms with van der Waals surface area (Å²) in [5.74, 6) is -5.00. The number of rotatable bonds is 8. The van der Waals surface area contributed by atoms with Crippen molar-refractivity contribution in [3.05, 3.63) is 76.9 Å². The van der Waals surface area contributed by atoms with Gasteiger partial charge in [-0.3, -0.25) is 0 Å². The summed E-state index contributed by atoms with van der Waals surface area (Å²) >= 11 is 0. The van der Waals surface area contributed by atoms with E-state index in [0.717, 1.165) is 0 Å². The van der Waals surface area contributed by atoms with E-state index in [1.165, 1.54) is 25.3 Å². The lowest BCUT2D eigenvalue weighted by Crippen LogP contribution is -2.22. The van der Waals surface area contributed by atoms with Crippen molar-refractivity contribution in [1.82, 2.24) is 0 Å². The van der Waals surface area contributed by atoms with Gasteiger partial charge in [-0.15, -0.1) is 0 Å². The Morgan fingerprint density at radius 2 is 1.16 bits per heavy atom. The number of nitrogens with one attached hydrogen (secondary N) is 2. The summed E-state index contributed by atoms with van der Waals surface area (Å²) < 4.78 is 110. The minimum Gasteiger partial charge on any atom is -0.508 e. The van der Waals surface area contributed by atoms with Crippen LogP contribution in [0, 0.1) is 11.6 Å². The highest BCUT2D eigenvalue weighted by molar-refractivity contribution is 5.63. The molecule has 0 aliphatic rings. The first-order chi connectivity index (χ1) is 17.2. The number of ether oxygens (including phenoxy) is 1. The largest absolute Gasteiger partial charge is 0.508 e. The summed E-state index contributed by atoms with van der Waals surface area (Å²) in [5.41, 5.74) is -1.73. The fourth-order valence-electron chi connectivity index (χ4n) is 3.69. The number of hydrogen-bond acceptors (Lipinski definition) is 5. The molecule has 0 heterocycles. The Labute approximate surface area is 205 Å². The van der Waals surface area contributed by atoms with Crippen molar-refractivity contribution in [3.8, 4) is 17.2 Å². The fourth-order valence-corrected chi connectivity index (χ4v) is 3.69. The van der Waals surface area contributed by atoms with Gasteiger partial charge in [0.25, 0.3) is 0 Å². The number of halogens is 8. The van der Waals surface area contributed by atoms with Crippen molar-refractivity contribution in [3.63, 3.8) is 0 Å². The third-order valence-electron chi connectivity index (χ3n) is 5.26. The highest BCUT2D eigenvalue weighted by Crippen LogP contribution is 2.46. The van der Waals surface area contributed by atoms with Gasteiger partial charge in [0.15, 0.2) is 0 Å². The minimum absolute atomic E-state index is 0.158. The van der Waals surface area contributed by atoms with Crippen LogP contribution in [0.25, 0.3) is 0 Å². The second-order valence-corrected chi connectivity index (χ2v) is 7.89. The van der Waals surface area contributed by atoms with Crippen molar-refractivity contribution in [1.29, 1.82) is 0 Å². The molecule has 0 saturated carbocycles. The SMILES string of the molecule is COc1ccccc1C(c1cc(F)c(NCC(F)(F)F)cc1O)c1cc(F)c(NCC(F)(F)F)cc1O. The first-order valence-electron chi connectivity index (χ1n) is 10.5. The summed E-state index contributed by atoms with van der Waals surface area (Å²) in [6.07, 6.45) is -9.35. The van der Waals surface area contributed by atoms with E-state index in [-0.39, 0.29) is 22.4 Å². The van der Waals surface area contributed by atoms with Gasteiger partial charge in [-0.05, 0) is 18.2 Å². The Balaban J connectivity index is 2.16. The molecule has 13 heteroatoms. The first kappa shape index (κ1) is 27.7. The molecule has 0 aliphatic heterocycles. The third-order valence-corrected chi connectivity index (χ3v) is 5.26. The topological polar surface area (TPSA) is 73.8 Å². The monoisotopic (exact) mass is 536 g/mol. The number of alkyl halides is 6. The second-order valence-electron chi connectivity index (χ2n) is 7.89. The van der Waals surface area contributed by atoms with Crippen molar-refractivity contribution in [2.75, 3.05) is 30.8 Å². The molecule has 0 fully saturated rings. The van der Waals surface area contributed by atoms with E-state index in [2.05, 4.69) is 0 Å². The van der Waals surface area contributed by atoms with Crippen LogP contribution in [-0.4, -0.2) is 42.8 Å². The summed E-state index contributed by atoms with van der Waals surface area (Å²) in [6.45, 7) is -3.17. The van der Waals surface area contributed by atoms with Crippen LogP contribution in [0.2, 0.25) is 0 Å². The van der Waals surface area contributed by atoms with Crippen molar-refractivity contribution < 1.29 is 50.1 Å². The van der Waals surface area contributed by atoms with Gasteiger partial charge in [0.1, 0.15) is 42.0 Å². The maximum Gasteiger partial charge on any atom is 0.405 e. The molecular weight excluding hydrogens is 516 g/mol. The van der Waals surface area contributed by atoms with Crippen molar-refractivity contribution >= 4 is 11.4 Å². The molecule has 3 rings (SSSR count). The predicted octanol–water partition coefficient (Wildman–Crippen LogP) is 6.51. The third kappa shape index (κ3) is 6.86. The van der Waals surface area contributed by atoms with E-state index in [1.54, 1.807) is 6.07 Å². The second kappa shape index (κ2) is 10.6. The fraction of sp³-hybridized carbons (Fsp3) is 0.250. The Hall–Kier alpha value is -3.90. The van der Waals surface area contributed by atoms with Crippen LogP contribution in [0.3, 0.4) is 0 Å². The molecule has 4 N–H and O–H groups in total. The predicted molar refractivity (Wildman–Crippen MR) is 119 cm³/mol. The molecule has 5 nitrogen and oxygen atoms in total. The lowest BCUT2D eigenvalue weighted by molar-refractivity contribution is -0.116. The van der Waals surface area contributed by atoms with Gasteiger partial charge in [0.05, 0.1) is 18.5 Å². The summed E-state index contributed by atoms with van der Waals surface area (Å²) in [4.78, 5) is 0. The summed E-state index contributed by atoms with van der Waals surface area (Å²) in [5, 5.41) is 24.9. The zero-order valence-corrected chi connectivity index (χ0v) is 18.9. The quantitative estimate of drug-likeness (QED) is 0.195. The Bertz CT molecular complexity index is 1190. The van der Waals surface area contributed by atoms with Crippen LogP contribution in [0.5, 0.6) is 17.2 Å². The molecule has 37 heavy (non-hydrogen) atoms. The lowest BCUT2D eigenvalue weighted by atomic mass is 9.83.